The number of nitrogens with zero attached hydrogens (tertiary/aromatic N) is 4. The van der Waals surface area contributed by atoms with E-state index in [1.807, 2.05) is 31.3 Å². The standard InChI is InChI=1S/C18H24BrN5/c1-23(2)18-20-10-7-17(22-18)21-16-9-12-24(13-16)11-8-14-3-5-15(19)6-4-14/h3-7,10,16H,8-9,11-13H2,1-2H3,(H,20,21,22). The summed E-state index contributed by atoms with van der Waals surface area (Å²) in [5.41, 5.74) is 1.39. The molecule has 2 heterocycles. The zero-order chi connectivity index (χ0) is 16.9. The number of aromatic nitrogens is 2. The molecule has 1 aliphatic rings. The van der Waals surface area contributed by atoms with Crippen LogP contribution in [-0.4, -0.2) is 54.6 Å². The second-order valence-electron chi connectivity index (χ2n) is 6.44. The Morgan fingerprint density at radius 3 is 2.79 bits per heavy atom. The molecule has 0 bridgehead atoms. The van der Waals surface area contributed by atoms with Gasteiger partial charge in [0.25, 0.3) is 0 Å². The van der Waals surface area contributed by atoms with E-state index in [-0.39, 0.29) is 0 Å². The average Bonchev–Trinajstić information content (AvgIpc) is 3.02. The van der Waals surface area contributed by atoms with Gasteiger partial charge in [-0.2, -0.15) is 4.98 Å². The van der Waals surface area contributed by atoms with Crippen molar-refractivity contribution in [3.8, 4) is 0 Å². The minimum Gasteiger partial charge on any atom is -0.366 e. The number of anilines is 2. The average molecular weight is 390 g/mol. The van der Waals surface area contributed by atoms with E-state index in [0.717, 1.165) is 48.7 Å². The lowest BCUT2D eigenvalue weighted by Crippen LogP contribution is -2.28. The van der Waals surface area contributed by atoms with Crippen molar-refractivity contribution in [3.63, 3.8) is 0 Å². The predicted molar refractivity (Wildman–Crippen MR) is 103 cm³/mol. The van der Waals surface area contributed by atoms with E-state index in [9.17, 15) is 0 Å². The van der Waals surface area contributed by atoms with Crippen molar-refractivity contribution in [2.45, 2.75) is 18.9 Å². The highest BCUT2D eigenvalue weighted by atomic mass is 79.9. The highest BCUT2D eigenvalue weighted by Gasteiger charge is 2.22. The largest absolute Gasteiger partial charge is 0.366 e. The van der Waals surface area contributed by atoms with Crippen LogP contribution in [0, 0.1) is 0 Å². The van der Waals surface area contributed by atoms with Gasteiger partial charge in [0.2, 0.25) is 5.95 Å². The van der Waals surface area contributed by atoms with Crippen molar-refractivity contribution >= 4 is 27.7 Å². The fourth-order valence-electron chi connectivity index (χ4n) is 2.95. The third kappa shape index (κ3) is 4.68. The summed E-state index contributed by atoms with van der Waals surface area (Å²) in [7, 11) is 3.91. The Kier molecular flexibility index (Phi) is 5.68. The first-order valence-corrected chi connectivity index (χ1v) is 9.13. The molecule has 5 nitrogen and oxygen atoms in total. The van der Waals surface area contributed by atoms with Crippen LogP contribution < -0.4 is 10.2 Å². The summed E-state index contributed by atoms with van der Waals surface area (Å²) >= 11 is 3.48. The fraction of sp³-hybridized carbons (Fsp3) is 0.444. The smallest absolute Gasteiger partial charge is 0.226 e. The van der Waals surface area contributed by atoms with Crippen LogP contribution >= 0.6 is 15.9 Å². The van der Waals surface area contributed by atoms with Gasteiger partial charge in [-0.05, 0) is 36.6 Å². The molecule has 128 valence electrons. The van der Waals surface area contributed by atoms with Crippen LogP contribution in [0.3, 0.4) is 0 Å². The molecule has 0 aliphatic carbocycles. The molecule has 0 radical (unpaired) electrons. The van der Waals surface area contributed by atoms with Crippen LogP contribution in [0.2, 0.25) is 0 Å². The molecule has 1 aromatic heterocycles. The fourth-order valence-corrected chi connectivity index (χ4v) is 3.21. The van der Waals surface area contributed by atoms with E-state index in [1.165, 1.54) is 5.56 Å². The van der Waals surface area contributed by atoms with Crippen LogP contribution in [0.1, 0.15) is 12.0 Å². The molecule has 1 atom stereocenters. The third-order valence-electron chi connectivity index (χ3n) is 4.30. The number of likely N-dealkylation sites (tertiary alicyclic amines) is 1. The molecule has 6 heteroatoms. The molecule has 0 spiro atoms. The van der Waals surface area contributed by atoms with Crippen LogP contribution in [0.25, 0.3) is 0 Å². The van der Waals surface area contributed by atoms with E-state index < -0.39 is 0 Å². The van der Waals surface area contributed by atoms with Crippen LogP contribution in [0.5, 0.6) is 0 Å². The Bertz CT molecular complexity index is 659. The summed E-state index contributed by atoms with van der Waals surface area (Å²) in [4.78, 5) is 13.2. The molecule has 1 aliphatic heterocycles. The molecule has 3 rings (SSSR count). The molecule has 1 saturated heterocycles. The first-order chi connectivity index (χ1) is 11.6. The predicted octanol–water partition coefficient (Wildman–Crippen LogP) is 3.03. The summed E-state index contributed by atoms with van der Waals surface area (Å²) in [6.45, 7) is 3.31. The lowest BCUT2D eigenvalue weighted by atomic mass is 10.1. The van der Waals surface area contributed by atoms with Gasteiger partial charge in [-0.1, -0.05) is 28.1 Å². The zero-order valence-corrected chi connectivity index (χ0v) is 15.8. The molecular formula is C18H24BrN5. The van der Waals surface area contributed by atoms with Gasteiger partial charge < -0.3 is 15.1 Å². The summed E-state index contributed by atoms with van der Waals surface area (Å²) in [6, 6.07) is 11.0. The second-order valence-corrected chi connectivity index (χ2v) is 7.36. The van der Waals surface area contributed by atoms with Crippen molar-refractivity contribution in [1.29, 1.82) is 0 Å². The van der Waals surface area contributed by atoms with Crippen molar-refractivity contribution in [2.24, 2.45) is 0 Å². The lowest BCUT2D eigenvalue weighted by molar-refractivity contribution is 0.340. The van der Waals surface area contributed by atoms with Gasteiger partial charge >= 0.3 is 0 Å². The third-order valence-corrected chi connectivity index (χ3v) is 4.83. The van der Waals surface area contributed by atoms with Gasteiger partial charge in [0.05, 0.1) is 0 Å². The number of nitrogens with one attached hydrogen (secondary N) is 1. The highest BCUT2D eigenvalue weighted by Crippen LogP contribution is 2.17. The summed E-state index contributed by atoms with van der Waals surface area (Å²) < 4.78 is 1.14. The number of benzene rings is 1. The van der Waals surface area contributed by atoms with Gasteiger partial charge in [0.1, 0.15) is 5.82 Å². The Morgan fingerprint density at radius 2 is 2.04 bits per heavy atom. The Balaban J connectivity index is 1.48. The number of rotatable bonds is 6. The Morgan fingerprint density at radius 1 is 1.25 bits per heavy atom. The summed E-state index contributed by atoms with van der Waals surface area (Å²) in [5, 5.41) is 3.55. The first-order valence-electron chi connectivity index (χ1n) is 8.34. The number of halogens is 1. The maximum absolute atomic E-state index is 4.54. The van der Waals surface area contributed by atoms with E-state index in [0.29, 0.717) is 6.04 Å². The van der Waals surface area contributed by atoms with Gasteiger partial charge in [-0.15, -0.1) is 0 Å². The molecule has 1 N–H and O–H groups in total. The Labute approximate surface area is 152 Å². The van der Waals surface area contributed by atoms with Crippen molar-refractivity contribution < 1.29 is 0 Å². The van der Waals surface area contributed by atoms with Gasteiger partial charge in [-0.3, -0.25) is 0 Å². The van der Waals surface area contributed by atoms with Gasteiger partial charge in [-0.25, -0.2) is 4.98 Å². The zero-order valence-electron chi connectivity index (χ0n) is 14.2. The SMILES string of the molecule is CN(C)c1nccc(NC2CCN(CCc3ccc(Br)cc3)C2)n1. The highest BCUT2D eigenvalue weighted by molar-refractivity contribution is 9.10. The normalized spacial score (nSPS) is 17.9. The van der Waals surface area contributed by atoms with Crippen molar-refractivity contribution in [2.75, 3.05) is 43.9 Å². The summed E-state index contributed by atoms with van der Waals surface area (Å²) in [5.74, 6) is 1.65. The quantitative estimate of drug-likeness (QED) is 0.822. The molecule has 1 aromatic carbocycles. The minimum atomic E-state index is 0.458. The lowest BCUT2D eigenvalue weighted by Gasteiger charge is -2.18. The van der Waals surface area contributed by atoms with E-state index in [1.54, 1.807) is 0 Å². The maximum atomic E-state index is 4.54. The second kappa shape index (κ2) is 7.94. The maximum Gasteiger partial charge on any atom is 0.226 e. The molecule has 1 unspecified atom stereocenters. The molecule has 2 aromatic rings. The molecule has 1 fully saturated rings. The van der Waals surface area contributed by atoms with Gasteiger partial charge in [0, 0.05) is 50.4 Å². The molecule has 24 heavy (non-hydrogen) atoms. The molecular weight excluding hydrogens is 366 g/mol. The monoisotopic (exact) mass is 389 g/mol. The molecule has 0 saturated carbocycles. The summed E-state index contributed by atoms with van der Waals surface area (Å²) in [6.07, 6.45) is 4.06. The van der Waals surface area contributed by atoms with Crippen molar-refractivity contribution in [1.82, 2.24) is 14.9 Å². The minimum absolute atomic E-state index is 0.458. The van der Waals surface area contributed by atoms with Gasteiger partial charge in [0.15, 0.2) is 0 Å². The van der Waals surface area contributed by atoms with Crippen LogP contribution in [0.15, 0.2) is 41.0 Å². The van der Waals surface area contributed by atoms with E-state index in [4.69, 9.17) is 0 Å². The van der Waals surface area contributed by atoms with Crippen molar-refractivity contribution in [3.05, 3.63) is 46.6 Å². The number of hydrogen-bond acceptors (Lipinski definition) is 5. The van der Waals surface area contributed by atoms with E-state index >= 15 is 0 Å². The van der Waals surface area contributed by atoms with E-state index in [2.05, 4.69) is 60.4 Å². The van der Waals surface area contributed by atoms with Crippen LogP contribution in [0.4, 0.5) is 11.8 Å². The molecule has 0 amide bonds. The Hall–Kier alpha value is -1.66. The van der Waals surface area contributed by atoms with Crippen LogP contribution in [-0.2, 0) is 6.42 Å². The topological polar surface area (TPSA) is 44.3 Å². The first kappa shape index (κ1) is 17.2. The number of hydrogen-bond donors (Lipinski definition) is 1.